The van der Waals surface area contributed by atoms with Gasteiger partial charge in [-0.2, -0.15) is 0 Å². The molecule has 2 aromatic carbocycles. The second kappa shape index (κ2) is 6.90. The van der Waals surface area contributed by atoms with E-state index in [1.165, 1.54) is 5.56 Å². The van der Waals surface area contributed by atoms with Crippen molar-refractivity contribution in [2.75, 3.05) is 11.9 Å². The summed E-state index contributed by atoms with van der Waals surface area (Å²) >= 11 is 9.76. The van der Waals surface area contributed by atoms with Gasteiger partial charge in [-0.3, -0.25) is 4.79 Å². The molecule has 0 radical (unpaired) electrons. The molecule has 0 aromatic heterocycles. The maximum absolute atomic E-state index is 13.2. The van der Waals surface area contributed by atoms with E-state index in [2.05, 4.69) is 21.2 Å². The molecule has 3 nitrogen and oxygen atoms in total. The van der Waals surface area contributed by atoms with Crippen molar-refractivity contribution in [1.29, 1.82) is 0 Å². The predicted octanol–water partition coefficient (Wildman–Crippen LogP) is 5.57. The van der Waals surface area contributed by atoms with E-state index in [1.807, 2.05) is 43.3 Å². The predicted molar refractivity (Wildman–Crippen MR) is 108 cm³/mol. The number of anilines is 1. The summed E-state index contributed by atoms with van der Waals surface area (Å²) < 4.78 is 7.11. The molecule has 1 saturated carbocycles. The lowest BCUT2D eigenvalue weighted by Gasteiger charge is -2.29. The quantitative estimate of drug-likeness (QED) is 0.669. The summed E-state index contributed by atoms with van der Waals surface area (Å²) in [5.41, 5.74) is 2.89. The van der Waals surface area contributed by atoms with E-state index in [0.717, 1.165) is 47.2 Å². The van der Waals surface area contributed by atoms with Gasteiger partial charge < -0.3 is 10.1 Å². The van der Waals surface area contributed by atoms with Crippen molar-refractivity contribution >= 4 is 39.0 Å². The van der Waals surface area contributed by atoms with Gasteiger partial charge in [0.15, 0.2) is 5.78 Å². The smallest absolute Gasteiger partial charge is 0.164 e. The van der Waals surface area contributed by atoms with Crippen molar-refractivity contribution in [3.63, 3.8) is 0 Å². The van der Waals surface area contributed by atoms with Gasteiger partial charge in [0, 0.05) is 20.7 Å². The number of carbonyl (C=O) groups excluding carboxylic acids is 1. The average molecular weight is 435 g/mol. The molecule has 26 heavy (non-hydrogen) atoms. The number of carbonyl (C=O) groups is 1. The zero-order valence-corrected chi connectivity index (χ0v) is 17.0. The average Bonchev–Trinajstić information content (AvgIpc) is 3.43. The molecule has 4 rings (SSSR count). The normalized spacial score (nSPS) is 20.0. The second-order valence-corrected chi connectivity index (χ2v) is 8.56. The van der Waals surface area contributed by atoms with Crippen LogP contribution in [0.4, 0.5) is 5.69 Å². The molecule has 1 N–H and O–H groups in total. The fraction of sp³-hybridized carbons (Fsp3) is 0.381. The number of nitrogens with one attached hydrogen (secondary N) is 1. The van der Waals surface area contributed by atoms with Crippen LogP contribution in [-0.4, -0.2) is 18.4 Å². The van der Waals surface area contributed by atoms with E-state index in [9.17, 15) is 4.79 Å². The molecule has 136 valence electrons. The highest BCUT2D eigenvalue weighted by molar-refractivity contribution is 9.10. The summed E-state index contributed by atoms with van der Waals surface area (Å²) in [4.78, 5) is 13.2. The van der Waals surface area contributed by atoms with E-state index >= 15 is 0 Å². The number of rotatable bonds is 5. The van der Waals surface area contributed by atoms with Crippen molar-refractivity contribution in [1.82, 2.24) is 0 Å². The SMILES string of the molecule is Cc1c(Cl)cccc1OCC1(C(=O)C2CCc3c(Br)cccc3N2)CC1. The zero-order chi connectivity index (χ0) is 18.3. The monoisotopic (exact) mass is 433 g/mol. The molecule has 2 aromatic rings. The Kier molecular flexibility index (Phi) is 4.74. The number of hydrogen-bond donors (Lipinski definition) is 1. The van der Waals surface area contributed by atoms with Gasteiger partial charge in [-0.15, -0.1) is 0 Å². The van der Waals surface area contributed by atoms with Crippen LogP contribution in [0.2, 0.25) is 5.02 Å². The molecule has 1 aliphatic carbocycles. The first-order valence-corrected chi connectivity index (χ1v) is 10.1. The van der Waals surface area contributed by atoms with E-state index in [1.54, 1.807) is 0 Å². The van der Waals surface area contributed by atoms with E-state index < -0.39 is 0 Å². The van der Waals surface area contributed by atoms with Crippen LogP contribution in [0.1, 0.15) is 30.4 Å². The third-order valence-corrected chi connectivity index (χ3v) is 6.70. The van der Waals surface area contributed by atoms with E-state index in [0.29, 0.717) is 11.6 Å². The van der Waals surface area contributed by atoms with Crippen LogP contribution in [0.25, 0.3) is 0 Å². The van der Waals surface area contributed by atoms with Crippen LogP contribution in [0, 0.1) is 12.3 Å². The highest BCUT2D eigenvalue weighted by Crippen LogP contribution is 2.49. The number of halogens is 2. The Bertz CT molecular complexity index is 863. The standard InChI is InChI=1S/C21H21BrClNO2/c1-13-16(23)5-3-7-19(13)26-12-21(10-11-21)20(25)18-9-8-14-15(22)4-2-6-17(14)24-18/h2-7,18,24H,8-12H2,1H3. The van der Waals surface area contributed by atoms with Crippen LogP contribution >= 0.6 is 27.5 Å². The van der Waals surface area contributed by atoms with Crippen molar-refractivity contribution in [3.8, 4) is 5.75 Å². The maximum Gasteiger partial charge on any atom is 0.164 e. The first-order valence-electron chi connectivity index (χ1n) is 8.96. The highest BCUT2D eigenvalue weighted by Gasteiger charge is 2.53. The van der Waals surface area contributed by atoms with E-state index in [-0.39, 0.29) is 17.2 Å². The first-order chi connectivity index (χ1) is 12.5. The number of fused-ring (bicyclic) bond motifs is 1. The molecule has 1 unspecified atom stereocenters. The van der Waals surface area contributed by atoms with Gasteiger partial charge in [0.1, 0.15) is 12.4 Å². The molecule has 0 saturated heterocycles. The minimum absolute atomic E-state index is 0.136. The molecule has 2 aliphatic rings. The van der Waals surface area contributed by atoms with Crippen molar-refractivity contribution < 1.29 is 9.53 Å². The summed E-state index contributed by atoms with van der Waals surface area (Å²) in [5, 5.41) is 4.14. The first kappa shape index (κ1) is 17.9. The van der Waals surface area contributed by atoms with Gasteiger partial charge in [-0.25, -0.2) is 0 Å². The van der Waals surface area contributed by atoms with Crippen LogP contribution in [-0.2, 0) is 11.2 Å². The number of Topliss-reactive ketones (excluding diaryl/α,β-unsaturated/α-hetero) is 1. The Balaban J connectivity index is 1.45. The molecule has 1 atom stereocenters. The van der Waals surface area contributed by atoms with Crippen LogP contribution in [0.15, 0.2) is 40.9 Å². The second-order valence-electron chi connectivity index (χ2n) is 7.30. The molecular formula is C21H21BrClNO2. The number of ether oxygens (including phenoxy) is 1. The van der Waals surface area contributed by atoms with Crippen LogP contribution in [0.5, 0.6) is 5.75 Å². The highest BCUT2D eigenvalue weighted by atomic mass is 79.9. The molecule has 0 bridgehead atoms. The Morgan fingerprint density at radius 1 is 1.31 bits per heavy atom. The molecule has 5 heteroatoms. The van der Waals surface area contributed by atoms with Crippen molar-refractivity contribution in [2.24, 2.45) is 5.41 Å². The third kappa shape index (κ3) is 3.25. The number of hydrogen-bond acceptors (Lipinski definition) is 3. The molecule has 0 amide bonds. The topological polar surface area (TPSA) is 38.3 Å². The Morgan fingerprint density at radius 3 is 2.85 bits per heavy atom. The molecule has 1 heterocycles. The fourth-order valence-corrected chi connectivity index (χ4v) is 4.37. The lowest BCUT2D eigenvalue weighted by atomic mass is 9.88. The summed E-state index contributed by atoms with van der Waals surface area (Å²) in [6.45, 7) is 2.37. The zero-order valence-electron chi connectivity index (χ0n) is 14.6. The Morgan fingerprint density at radius 2 is 2.08 bits per heavy atom. The van der Waals surface area contributed by atoms with Crippen molar-refractivity contribution in [2.45, 2.75) is 38.6 Å². The summed E-state index contributed by atoms with van der Waals surface area (Å²) in [6, 6.07) is 11.6. The van der Waals surface area contributed by atoms with Crippen LogP contribution < -0.4 is 10.1 Å². The van der Waals surface area contributed by atoms with Gasteiger partial charge in [-0.1, -0.05) is 39.7 Å². The fourth-order valence-electron chi connectivity index (χ4n) is 3.64. The van der Waals surface area contributed by atoms with Crippen molar-refractivity contribution in [3.05, 3.63) is 57.0 Å². The Hall–Kier alpha value is -1.52. The van der Waals surface area contributed by atoms with Gasteiger partial charge in [0.2, 0.25) is 0 Å². The maximum atomic E-state index is 13.2. The van der Waals surface area contributed by atoms with Crippen LogP contribution in [0.3, 0.4) is 0 Å². The lowest BCUT2D eigenvalue weighted by molar-refractivity contribution is -0.126. The summed E-state index contributed by atoms with van der Waals surface area (Å²) in [6.07, 6.45) is 3.53. The summed E-state index contributed by atoms with van der Waals surface area (Å²) in [7, 11) is 0. The minimum atomic E-state index is -0.351. The molecule has 1 fully saturated rings. The molecular weight excluding hydrogens is 414 g/mol. The number of benzene rings is 2. The van der Waals surface area contributed by atoms with Gasteiger partial charge >= 0.3 is 0 Å². The minimum Gasteiger partial charge on any atom is -0.492 e. The third-order valence-electron chi connectivity index (χ3n) is 5.55. The van der Waals surface area contributed by atoms with Gasteiger partial charge in [0.25, 0.3) is 0 Å². The molecule has 0 spiro atoms. The lowest BCUT2D eigenvalue weighted by Crippen LogP contribution is -2.40. The van der Waals surface area contributed by atoms with E-state index in [4.69, 9.17) is 16.3 Å². The van der Waals surface area contributed by atoms with Gasteiger partial charge in [0.05, 0.1) is 11.5 Å². The van der Waals surface area contributed by atoms with Gasteiger partial charge in [-0.05, 0) is 62.4 Å². The largest absolute Gasteiger partial charge is 0.492 e. The number of ketones is 1. The summed E-state index contributed by atoms with van der Waals surface area (Å²) in [5.74, 6) is 1.05. The Labute approximate surface area is 167 Å². The molecule has 1 aliphatic heterocycles.